The predicted molar refractivity (Wildman–Crippen MR) is 150 cm³/mol. The molecule has 2 amide bonds. The maximum absolute atomic E-state index is 13.1. The first kappa shape index (κ1) is 26.9. The number of rotatable bonds is 5. The standard InChI is InChI=1S/C30H24F3N7O2/c1-29(2)25(17-8-4-3-5-9-17)22-14-18(20-10-6-7-11-21(20)27-37-39-40-38-27)15-23(26(22)42-29)36-28(41)35-19-12-13-24(34-16-19)30(31,32)33/h3-16,25H,1-2H3,(H2,35,36,41)(H,37,38,39,40). The summed E-state index contributed by atoms with van der Waals surface area (Å²) in [5.74, 6) is 0.730. The van der Waals surface area contributed by atoms with E-state index in [0.717, 1.165) is 46.1 Å². The van der Waals surface area contributed by atoms with Crippen molar-refractivity contribution in [3.05, 3.63) is 102 Å². The third kappa shape index (κ3) is 5.14. The topological polar surface area (TPSA) is 118 Å². The van der Waals surface area contributed by atoms with Gasteiger partial charge in [0.2, 0.25) is 5.82 Å². The summed E-state index contributed by atoms with van der Waals surface area (Å²) in [7, 11) is 0. The Kier molecular flexibility index (Phi) is 6.60. The Morgan fingerprint density at radius 2 is 1.69 bits per heavy atom. The fourth-order valence-electron chi connectivity index (χ4n) is 5.28. The van der Waals surface area contributed by atoms with Crippen LogP contribution in [0.1, 0.15) is 36.6 Å². The van der Waals surface area contributed by atoms with Crippen molar-refractivity contribution in [1.82, 2.24) is 25.6 Å². The first-order chi connectivity index (χ1) is 20.1. The lowest BCUT2D eigenvalue weighted by molar-refractivity contribution is -0.141. The number of aromatic nitrogens is 5. The average Bonchev–Trinajstić information content (AvgIpc) is 3.59. The number of nitrogens with zero attached hydrogens (tertiary/aromatic N) is 4. The van der Waals surface area contributed by atoms with Crippen molar-refractivity contribution in [2.75, 3.05) is 10.6 Å². The molecular formula is C30H24F3N7O2. The number of fused-ring (bicyclic) bond motifs is 1. The fraction of sp³-hybridized carbons (Fsp3) is 0.167. The van der Waals surface area contributed by atoms with E-state index in [4.69, 9.17) is 4.74 Å². The van der Waals surface area contributed by atoms with Crippen LogP contribution in [-0.2, 0) is 6.18 Å². The maximum atomic E-state index is 13.1. The number of halogens is 3. The lowest BCUT2D eigenvalue weighted by Gasteiger charge is -2.26. The molecule has 9 nitrogen and oxygen atoms in total. The third-order valence-corrected chi connectivity index (χ3v) is 7.01. The van der Waals surface area contributed by atoms with Crippen LogP contribution in [0.3, 0.4) is 0 Å². The van der Waals surface area contributed by atoms with Crippen LogP contribution < -0.4 is 15.4 Å². The van der Waals surface area contributed by atoms with E-state index in [9.17, 15) is 18.0 Å². The Bertz CT molecular complexity index is 1740. The molecule has 0 radical (unpaired) electrons. The highest BCUT2D eigenvalue weighted by molar-refractivity contribution is 6.01. The number of benzene rings is 3. The molecule has 0 aliphatic carbocycles. The van der Waals surface area contributed by atoms with Gasteiger partial charge in [-0.3, -0.25) is 0 Å². The van der Waals surface area contributed by atoms with Crippen molar-refractivity contribution in [2.45, 2.75) is 31.5 Å². The minimum absolute atomic E-state index is 0.0964. The summed E-state index contributed by atoms with van der Waals surface area (Å²) in [5, 5.41) is 19.8. The summed E-state index contributed by atoms with van der Waals surface area (Å²) in [6.07, 6.45) is -3.63. The van der Waals surface area contributed by atoms with Crippen molar-refractivity contribution in [3.63, 3.8) is 0 Å². The zero-order valence-corrected chi connectivity index (χ0v) is 22.4. The Balaban J connectivity index is 1.43. The quantitative estimate of drug-likeness (QED) is 0.211. The van der Waals surface area contributed by atoms with Crippen molar-refractivity contribution in [2.24, 2.45) is 0 Å². The number of alkyl halides is 3. The Morgan fingerprint density at radius 1 is 0.952 bits per heavy atom. The first-order valence-corrected chi connectivity index (χ1v) is 13.0. The lowest BCUT2D eigenvalue weighted by Crippen LogP contribution is -2.31. The Hall–Kier alpha value is -5.26. The number of hydrogen-bond acceptors (Lipinski definition) is 6. The van der Waals surface area contributed by atoms with E-state index in [1.165, 1.54) is 0 Å². The molecule has 1 aliphatic rings. The minimum atomic E-state index is -4.58. The first-order valence-electron chi connectivity index (χ1n) is 13.0. The molecule has 0 fully saturated rings. The molecule has 0 saturated carbocycles. The predicted octanol–water partition coefficient (Wildman–Crippen LogP) is 6.89. The molecule has 3 heterocycles. The normalized spacial score (nSPS) is 15.5. The van der Waals surface area contributed by atoms with Gasteiger partial charge in [-0.15, -0.1) is 10.2 Å². The van der Waals surface area contributed by atoms with Crippen molar-refractivity contribution < 1.29 is 22.7 Å². The molecule has 2 aromatic heterocycles. The van der Waals surface area contributed by atoms with Gasteiger partial charge >= 0.3 is 12.2 Å². The number of carbonyl (C=O) groups is 1. The van der Waals surface area contributed by atoms with Gasteiger partial charge in [-0.2, -0.15) is 18.4 Å². The van der Waals surface area contributed by atoms with Crippen LogP contribution in [0.4, 0.5) is 29.3 Å². The van der Waals surface area contributed by atoms with Crippen LogP contribution in [0.25, 0.3) is 22.5 Å². The number of anilines is 2. The average molecular weight is 572 g/mol. The summed E-state index contributed by atoms with van der Waals surface area (Å²) in [4.78, 5) is 16.5. The molecule has 0 bridgehead atoms. The van der Waals surface area contributed by atoms with Crippen LogP contribution in [0.2, 0.25) is 0 Å². The van der Waals surface area contributed by atoms with Gasteiger partial charge in [-0.25, -0.2) is 9.78 Å². The number of amides is 2. The van der Waals surface area contributed by atoms with Gasteiger partial charge in [0.25, 0.3) is 0 Å². The fourth-order valence-corrected chi connectivity index (χ4v) is 5.28. The summed E-state index contributed by atoms with van der Waals surface area (Å²) in [6.45, 7) is 3.96. The second-order valence-corrected chi connectivity index (χ2v) is 10.3. The largest absolute Gasteiger partial charge is 0.484 e. The molecule has 1 unspecified atom stereocenters. The molecule has 42 heavy (non-hydrogen) atoms. The number of ether oxygens (including phenoxy) is 1. The summed E-state index contributed by atoms with van der Waals surface area (Å²) in [5.41, 5.74) is 2.95. The highest BCUT2D eigenvalue weighted by Crippen LogP contribution is 2.53. The van der Waals surface area contributed by atoms with Crippen LogP contribution in [0.5, 0.6) is 5.75 Å². The zero-order valence-electron chi connectivity index (χ0n) is 22.4. The monoisotopic (exact) mass is 571 g/mol. The SMILES string of the molecule is CC1(C)Oc2c(NC(=O)Nc3ccc(C(F)(F)F)nc3)cc(-c3ccccc3-c3nn[nH]n3)cc2C1c1ccccc1. The van der Waals surface area contributed by atoms with Crippen molar-refractivity contribution >= 4 is 17.4 Å². The van der Waals surface area contributed by atoms with Gasteiger partial charge in [0.15, 0.2) is 0 Å². The summed E-state index contributed by atoms with van der Waals surface area (Å²) < 4.78 is 45.2. The maximum Gasteiger partial charge on any atom is 0.433 e. The zero-order chi connectivity index (χ0) is 29.5. The summed E-state index contributed by atoms with van der Waals surface area (Å²) >= 11 is 0. The molecule has 5 aromatic rings. The number of carbonyl (C=O) groups excluding carboxylic acids is 1. The van der Waals surface area contributed by atoms with E-state index >= 15 is 0 Å². The number of aromatic amines is 1. The van der Waals surface area contributed by atoms with Crippen LogP contribution in [0.15, 0.2) is 85.1 Å². The molecule has 3 aromatic carbocycles. The van der Waals surface area contributed by atoms with E-state index in [0.29, 0.717) is 17.3 Å². The number of tetrazole rings is 1. The van der Waals surface area contributed by atoms with Crippen LogP contribution in [-0.4, -0.2) is 37.2 Å². The molecule has 3 N–H and O–H groups in total. The number of pyridine rings is 1. The smallest absolute Gasteiger partial charge is 0.433 e. The third-order valence-electron chi connectivity index (χ3n) is 7.01. The second-order valence-electron chi connectivity index (χ2n) is 10.3. The molecule has 212 valence electrons. The molecule has 12 heteroatoms. The minimum Gasteiger partial charge on any atom is -0.484 e. The number of hydrogen-bond donors (Lipinski definition) is 3. The second kappa shape index (κ2) is 10.3. The molecular weight excluding hydrogens is 547 g/mol. The van der Waals surface area contributed by atoms with Gasteiger partial charge in [0, 0.05) is 11.1 Å². The molecule has 6 rings (SSSR count). The molecule has 0 spiro atoms. The van der Waals surface area contributed by atoms with Gasteiger partial charge in [-0.1, -0.05) is 54.6 Å². The van der Waals surface area contributed by atoms with E-state index in [1.807, 2.05) is 74.5 Å². The number of nitrogens with one attached hydrogen (secondary N) is 3. The Morgan fingerprint density at radius 3 is 2.36 bits per heavy atom. The number of H-pyrrole nitrogens is 1. The van der Waals surface area contributed by atoms with E-state index in [1.54, 1.807) is 6.07 Å². The number of urea groups is 1. The Labute approximate surface area is 238 Å². The van der Waals surface area contributed by atoms with Gasteiger partial charge in [0.1, 0.15) is 17.0 Å². The van der Waals surface area contributed by atoms with E-state index in [-0.39, 0.29) is 11.6 Å². The highest BCUT2D eigenvalue weighted by Gasteiger charge is 2.44. The lowest BCUT2D eigenvalue weighted by atomic mass is 9.80. The van der Waals surface area contributed by atoms with Gasteiger partial charge in [0.05, 0.1) is 23.5 Å². The van der Waals surface area contributed by atoms with Crippen LogP contribution in [0, 0.1) is 0 Å². The van der Waals surface area contributed by atoms with E-state index in [2.05, 4.69) is 36.2 Å². The molecule has 1 atom stereocenters. The molecule has 0 saturated heterocycles. The van der Waals surface area contributed by atoms with Gasteiger partial charge in [-0.05, 0) is 60.0 Å². The van der Waals surface area contributed by atoms with Gasteiger partial charge < -0.3 is 15.4 Å². The highest BCUT2D eigenvalue weighted by atomic mass is 19.4. The molecule has 1 aliphatic heterocycles. The summed E-state index contributed by atoms with van der Waals surface area (Å²) in [6, 6.07) is 22.6. The van der Waals surface area contributed by atoms with Crippen molar-refractivity contribution in [3.8, 4) is 28.3 Å². The van der Waals surface area contributed by atoms with Crippen LogP contribution >= 0.6 is 0 Å². The van der Waals surface area contributed by atoms with E-state index < -0.39 is 23.5 Å². The van der Waals surface area contributed by atoms with Crippen molar-refractivity contribution in [1.29, 1.82) is 0 Å².